The molecule has 3 nitrogen and oxygen atoms in total. The number of carbonyl (C=O) groups is 1. The first-order chi connectivity index (χ1) is 8.00. The zero-order valence-corrected chi connectivity index (χ0v) is 11.9. The lowest BCUT2D eigenvalue weighted by atomic mass is 10.2. The first kappa shape index (κ1) is 14.3. The third-order valence-corrected chi connectivity index (χ3v) is 2.98. The summed E-state index contributed by atoms with van der Waals surface area (Å²) in [5.74, 6) is -0.292. The minimum Gasteiger partial charge on any atom is -0.507 e. The van der Waals surface area contributed by atoms with Crippen LogP contribution in [0.4, 0.5) is 0 Å². The fourth-order valence-corrected chi connectivity index (χ4v) is 1.88. The first-order valence-electron chi connectivity index (χ1n) is 5.41. The number of aromatic hydroxyl groups is 1. The maximum absolute atomic E-state index is 11.7. The van der Waals surface area contributed by atoms with Gasteiger partial charge in [-0.25, -0.2) is 0 Å². The van der Waals surface area contributed by atoms with Crippen molar-refractivity contribution in [1.29, 1.82) is 0 Å². The van der Waals surface area contributed by atoms with Gasteiger partial charge < -0.3 is 10.4 Å². The van der Waals surface area contributed by atoms with E-state index in [1.807, 2.05) is 6.92 Å². The lowest BCUT2D eigenvalue weighted by Gasteiger charge is -2.07. The highest BCUT2D eigenvalue weighted by Crippen LogP contribution is 2.22. The molecule has 0 aliphatic rings. The molecule has 1 aromatic carbocycles. The van der Waals surface area contributed by atoms with Gasteiger partial charge in [-0.1, -0.05) is 15.9 Å². The van der Waals surface area contributed by atoms with Crippen molar-refractivity contribution in [2.45, 2.75) is 25.1 Å². The number of hydrogen-bond acceptors (Lipinski definition) is 2. The molecular weight excluding hydrogens is 305 g/mol. The summed E-state index contributed by atoms with van der Waals surface area (Å²) in [6, 6.07) is 4.80. The van der Waals surface area contributed by atoms with Crippen molar-refractivity contribution >= 4 is 33.4 Å². The number of hydrogen-bond donors (Lipinski definition) is 2. The molecule has 94 valence electrons. The zero-order chi connectivity index (χ0) is 12.8. The van der Waals surface area contributed by atoms with Gasteiger partial charge in [-0.15, -0.1) is 11.6 Å². The van der Waals surface area contributed by atoms with Crippen LogP contribution in [0.15, 0.2) is 22.7 Å². The van der Waals surface area contributed by atoms with Crippen LogP contribution in [0.3, 0.4) is 0 Å². The van der Waals surface area contributed by atoms with Gasteiger partial charge in [-0.2, -0.15) is 0 Å². The molecule has 1 aromatic rings. The summed E-state index contributed by atoms with van der Waals surface area (Å²) in [6.07, 6.45) is 1.68. The summed E-state index contributed by atoms with van der Waals surface area (Å²) in [6.45, 7) is 2.48. The van der Waals surface area contributed by atoms with Gasteiger partial charge >= 0.3 is 0 Å². The van der Waals surface area contributed by atoms with Crippen molar-refractivity contribution < 1.29 is 9.90 Å². The van der Waals surface area contributed by atoms with Crippen LogP contribution in [0.2, 0.25) is 0 Å². The van der Waals surface area contributed by atoms with Gasteiger partial charge in [-0.3, -0.25) is 4.79 Å². The highest BCUT2D eigenvalue weighted by atomic mass is 79.9. The summed E-state index contributed by atoms with van der Waals surface area (Å²) in [5, 5.41) is 12.5. The minimum atomic E-state index is -0.266. The predicted octanol–water partition coefficient (Wildman–Crippen LogP) is 3.29. The van der Waals surface area contributed by atoms with Crippen molar-refractivity contribution in [1.82, 2.24) is 5.32 Å². The Morgan fingerprint density at radius 2 is 2.29 bits per heavy atom. The minimum absolute atomic E-state index is 0.0254. The van der Waals surface area contributed by atoms with Gasteiger partial charge in [0.25, 0.3) is 5.91 Å². The van der Waals surface area contributed by atoms with E-state index < -0.39 is 0 Å². The number of alkyl halides is 1. The van der Waals surface area contributed by atoms with Gasteiger partial charge in [0, 0.05) is 16.4 Å². The van der Waals surface area contributed by atoms with E-state index in [0.29, 0.717) is 6.54 Å². The highest BCUT2D eigenvalue weighted by Gasteiger charge is 2.10. The largest absolute Gasteiger partial charge is 0.507 e. The number of amides is 1. The van der Waals surface area contributed by atoms with Gasteiger partial charge in [0.05, 0.1) is 5.56 Å². The molecule has 1 unspecified atom stereocenters. The maximum Gasteiger partial charge on any atom is 0.255 e. The average Bonchev–Trinajstić information content (AvgIpc) is 2.23. The van der Waals surface area contributed by atoms with Crippen LogP contribution in [0.5, 0.6) is 5.75 Å². The van der Waals surface area contributed by atoms with Gasteiger partial charge in [0.2, 0.25) is 0 Å². The molecule has 1 amide bonds. The highest BCUT2D eigenvalue weighted by molar-refractivity contribution is 9.10. The Bertz CT molecular complexity index is 396. The van der Waals surface area contributed by atoms with Crippen LogP contribution < -0.4 is 5.32 Å². The Morgan fingerprint density at radius 1 is 1.59 bits per heavy atom. The fourth-order valence-electron chi connectivity index (χ4n) is 1.38. The summed E-state index contributed by atoms with van der Waals surface area (Å²) in [4.78, 5) is 11.7. The molecule has 0 aliphatic carbocycles. The molecule has 1 atom stereocenters. The van der Waals surface area contributed by atoms with Crippen LogP contribution in [-0.2, 0) is 0 Å². The first-order valence-corrected chi connectivity index (χ1v) is 6.64. The van der Waals surface area contributed by atoms with Crippen LogP contribution in [0.1, 0.15) is 30.1 Å². The van der Waals surface area contributed by atoms with Crippen LogP contribution in [0, 0.1) is 0 Å². The fraction of sp³-hybridized carbons (Fsp3) is 0.417. The van der Waals surface area contributed by atoms with Crippen molar-refractivity contribution in [3.63, 3.8) is 0 Å². The lowest BCUT2D eigenvalue weighted by Crippen LogP contribution is -2.24. The van der Waals surface area contributed by atoms with E-state index in [2.05, 4.69) is 21.2 Å². The number of phenolic OH excluding ortho intramolecular Hbond substituents is 1. The second-order valence-electron chi connectivity index (χ2n) is 3.84. The predicted molar refractivity (Wildman–Crippen MR) is 72.7 cm³/mol. The Hall–Kier alpha value is -0.740. The van der Waals surface area contributed by atoms with E-state index in [-0.39, 0.29) is 22.6 Å². The van der Waals surface area contributed by atoms with Crippen molar-refractivity contribution in [2.24, 2.45) is 0 Å². The Labute approximate surface area is 114 Å². The van der Waals surface area contributed by atoms with E-state index in [4.69, 9.17) is 11.6 Å². The average molecular weight is 321 g/mol. The topological polar surface area (TPSA) is 49.3 Å². The quantitative estimate of drug-likeness (QED) is 0.646. The molecule has 0 bridgehead atoms. The number of benzene rings is 1. The van der Waals surface area contributed by atoms with Crippen molar-refractivity contribution in [3.8, 4) is 5.75 Å². The third-order valence-electron chi connectivity index (χ3n) is 2.27. The summed E-state index contributed by atoms with van der Waals surface area (Å²) < 4.78 is 0.738. The monoisotopic (exact) mass is 319 g/mol. The summed E-state index contributed by atoms with van der Waals surface area (Å²) in [7, 11) is 0. The van der Waals surface area contributed by atoms with E-state index in [1.165, 1.54) is 6.07 Å². The molecule has 0 radical (unpaired) electrons. The van der Waals surface area contributed by atoms with Crippen LogP contribution in [0.25, 0.3) is 0 Å². The molecule has 5 heteroatoms. The Morgan fingerprint density at radius 3 is 2.88 bits per heavy atom. The molecule has 0 saturated carbocycles. The summed E-state index contributed by atoms with van der Waals surface area (Å²) in [5.41, 5.74) is 0.284. The molecule has 0 aromatic heterocycles. The van der Waals surface area contributed by atoms with Crippen LogP contribution >= 0.6 is 27.5 Å². The second kappa shape index (κ2) is 6.87. The zero-order valence-electron chi connectivity index (χ0n) is 9.54. The SMILES string of the molecule is CC(Cl)CCCNC(=O)c1ccc(Br)cc1O. The van der Waals surface area contributed by atoms with Gasteiger partial charge in [0.15, 0.2) is 0 Å². The Kier molecular flexibility index (Phi) is 5.78. The summed E-state index contributed by atoms with van der Waals surface area (Å²) >= 11 is 9.01. The lowest BCUT2D eigenvalue weighted by molar-refractivity contribution is 0.0950. The molecule has 0 fully saturated rings. The molecule has 1 rings (SSSR count). The maximum atomic E-state index is 11.7. The number of nitrogens with one attached hydrogen (secondary N) is 1. The molecule has 2 N–H and O–H groups in total. The molecule has 0 saturated heterocycles. The molecule has 0 heterocycles. The molecular formula is C12H15BrClNO2. The van der Waals surface area contributed by atoms with Crippen molar-refractivity contribution in [3.05, 3.63) is 28.2 Å². The standard InChI is InChI=1S/C12H15BrClNO2/c1-8(14)3-2-6-15-12(17)10-5-4-9(13)7-11(10)16/h4-5,7-8,16H,2-3,6H2,1H3,(H,15,17). The van der Waals surface area contributed by atoms with E-state index in [1.54, 1.807) is 12.1 Å². The molecule has 0 spiro atoms. The van der Waals surface area contributed by atoms with E-state index in [9.17, 15) is 9.90 Å². The van der Waals surface area contributed by atoms with Gasteiger partial charge in [-0.05, 0) is 38.0 Å². The van der Waals surface area contributed by atoms with Crippen LogP contribution in [-0.4, -0.2) is 22.9 Å². The third kappa shape index (κ3) is 4.96. The number of carbonyl (C=O) groups excluding carboxylic acids is 1. The molecule has 17 heavy (non-hydrogen) atoms. The number of phenols is 1. The number of halogens is 2. The van der Waals surface area contributed by atoms with Crippen molar-refractivity contribution in [2.75, 3.05) is 6.54 Å². The molecule has 0 aliphatic heterocycles. The number of rotatable bonds is 5. The second-order valence-corrected chi connectivity index (χ2v) is 5.50. The van der Waals surface area contributed by atoms with Gasteiger partial charge in [0.1, 0.15) is 5.75 Å². The van der Waals surface area contributed by atoms with E-state index in [0.717, 1.165) is 17.3 Å². The van der Waals surface area contributed by atoms with E-state index >= 15 is 0 Å². The smallest absolute Gasteiger partial charge is 0.255 e. The normalized spacial score (nSPS) is 12.2. The Balaban J connectivity index is 2.47.